The molecule has 0 amide bonds. The third kappa shape index (κ3) is 5.72. The zero-order chi connectivity index (χ0) is 21.7. The van der Waals surface area contributed by atoms with E-state index in [1.54, 1.807) is 45.9 Å². The maximum Gasteiger partial charge on any atom is 0.337 e. The Kier molecular flexibility index (Phi) is 7.68. The zero-order valence-corrected chi connectivity index (χ0v) is 18.2. The van der Waals surface area contributed by atoms with Crippen molar-refractivity contribution >= 4 is 17.0 Å². The van der Waals surface area contributed by atoms with E-state index < -0.39 is 39.2 Å². The SMILES string of the molecule is COC(=O)C(OCc1ccccc1)[C@](C)(NS(=O)C(C)(C)C)c1ccccc1F. The van der Waals surface area contributed by atoms with Crippen LogP contribution in [0.2, 0.25) is 0 Å². The predicted molar refractivity (Wildman–Crippen MR) is 112 cm³/mol. The molecule has 158 valence electrons. The van der Waals surface area contributed by atoms with E-state index in [1.165, 1.54) is 13.2 Å². The van der Waals surface area contributed by atoms with Crippen LogP contribution in [0.25, 0.3) is 0 Å². The molecule has 0 aliphatic rings. The van der Waals surface area contributed by atoms with Gasteiger partial charge in [0.15, 0.2) is 6.10 Å². The minimum absolute atomic E-state index is 0.106. The molecule has 5 nitrogen and oxygen atoms in total. The quantitative estimate of drug-likeness (QED) is 0.658. The summed E-state index contributed by atoms with van der Waals surface area (Å²) in [6.45, 7) is 7.07. The largest absolute Gasteiger partial charge is 0.467 e. The summed E-state index contributed by atoms with van der Waals surface area (Å²) < 4.78 is 40.9. The summed E-state index contributed by atoms with van der Waals surface area (Å²) in [4.78, 5) is 12.7. The van der Waals surface area contributed by atoms with Gasteiger partial charge in [-0.3, -0.25) is 0 Å². The van der Waals surface area contributed by atoms with Crippen LogP contribution < -0.4 is 4.72 Å². The maximum absolute atomic E-state index is 14.8. The van der Waals surface area contributed by atoms with Crippen LogP contribution in [-0.2, 0) is 37.4 Å². The van der Waals surface area contributed by atoms with Crippen LogP contribution >= 0.6 is 0 Å². The van der Waals surface area contributed by atoms with Gasteiger partial charge in [-0.2, -0.15) is 0 Å². The number of carbonyl (C=O) groups is 1. The molecule has 2 aromatic rings. The zero-order valence-electron chi connectivity index (χ0n) is 17.4. The van der Waals surface area contributed by atoms with E-state index in [4.69, 9.17) is 9.47 Å². The van der Waals surface area contributed by atoms with Crippen LogP contribution in [0, 0.1) is 5.82 Å². The van der Waals surface area contributed by atoms with Gasteiger partial charge in [0, 0.05) is 5.56 Å². The van der Waals surface area contributed by atoms with Crippen LogP contribution in [0.15, 0.2) is 54.6 Å². The van der Waals surface area contributed by atoms with E-state index in [0.717, 1.165) is 5.56 Å². The third-order valence-corrected chi connectivity index (χ3v) is 6.22. The van der Waals surface area contributed by atoms with Crippen molar-refractivity contribution in [3.05, 3.63) is 71.5 Å². The summed E-state index contributed by atoms with van der Waals surface area (Å²) in [6, 6.07) is 15.3. The molecule has 0 aliphatic carbocycles. The minimum Gasteiger partial charge on any atom is -0.467 e. The van der Waals surface area contributed by atoms with Gasteiger partial charge in [0.05, 0.1) is 35.0 Å². The van der Waals surface area contributed by atoms with Gasteiger partial charge < -0.3 is 9.47 Å². The molecule has 0 aromatic heterocycles. The number of hydrogen-bond acceptors (Lipinski definition) is 4. The summed E-state index contributed by atoms with van der Waals surface area (Å²) in [7, 11) is -0.367. The summed E-state index contributed by atoms with van der Waals surface area (Å²) in [5, 5.41) is 0. The minimum atomic E-state index is -1.61. The topological polar surface area (TPSA) is 64.6 Å². The second-order valence-electron chi connectivity index (χ2n) is 7.87. The Morgan fingerprint density at radius 1 is 1.07 bits per heavy atom. The van der Waals surface area contributed by atoms with Gasteiger partial charge in [-0.05, 0) is 39.3 Å². The van der Waals surface area contributed by atoms with Crippen molar-refractivity contribution in [3.63, 3.8) is 0 Å². The Hall–Kier alpha value is -2.09. The Balaban J connectivity index is 2.50. The lowest BCUT2D eigenvalue weighted by Crippen LogP contribution is -2.57. The molecule has 29 heavy (non-hydrogen) atoms. The van der Waals surface area contributed by atoms with Crippen molar-refractivity contribution in [1.82, 2.24) is 4.72 Å². The normalized spacial score (nSPS) is 15.9. The number of rotatable bonds is 8. The molecule has 0 saturated carbocycles. The van der Waals surface area contributed by atoms with Crippen molar-refractivity contribution < 1.29 is 22.9 Å². The van der Waals surface area contributed by atoms with E-state index in [1.807, 2.05) is 30.3 Å². The number of carbonyl (C=O) groups excluding carboxylic acids is 1. The highest BCUT2D eigenvalue weighted by molar-refractivity contribution is 7.84. The highest BCUT2D eigenvalue weighted by atomic mass is 32.2. The lowest BCUT2D eigenvalue weighted by Gasteiger charge is -2.38. The molecule has 2 unspecified atom stereocenters. The van der Waals surface area contributed by atoms with Crippen molar-refractivity contribution in [1.29, 1.82) is 0 Å². The predicted octanol–water partition coefficient (Wildman–Crippen LogP) is 3.85. The highest BCUT2D eigenvalue weighted by Gasteiger charge is 2.46. The number of esters is 1. The van der Waals surface area contributed by atoms with Crippen LogP contribution in [0.1, 0.15) is 38.8 Å². The first-order chi connectivity index (χ1) is 13.6. The number of benzene rings is 2. The maximum atomic E-state index is 14.8. The van der Waals surface area contributed by atoms with Gasteiger partial charge in [-0.1, -0.05) is 48.5 Å². The fourth-order valence-corrected chi connectivity index (χ4v) is 3.72. The Bertz CT molecular complexity index is 853. The standard InChI is InChI=1S/C22H28FNO4S/c1-21(2,3)29(26)24-22(4,17-13-9-10-14-18(17)23)19(20(25)27-5)28-15-16-11-7-6-8-12-16/h6-14,19,24H,15H2,1-5H3/t19?,22-,29?/m1/s1. The smallest absolute Gasteiger partial charge is 0.337 e. The molecule has 0 fully saturated rings. The lowest BCUT2D eigenvalue weighted by atomic mass is 9.86. The number of methoxy groups -OCH3 is 1. The summed E-state index contributed by atoms with van der Waals surface area (Å²) in [6.07, 6.45) is -1.24. The monoisotopic (exact) mass is 421 g/mol. The molecule has 0 bridgehead atoms. The molecule has 0 saturated heterocycles. The highest BCUT2D eigenvalue weighted by Crippen LogP contribution is 2.32. The van der Waals surface area contributed by atoms with E-state index in [-0.39, 0.29) is 12.2 Å². The first-order valence-electron chi connectivity index (χ1n) is 9.27. The molecule has 7 heteroatoms. The van der Waals surface area contributed by atoms with Crippen molar-refractivity contribution in [2.45, 2.75) is 50.7 Å². The van der Waals surface area contributed by atoms with Crippen LogP contribution in [-0.4, -0.2) is 28.1 Å². The first kappa shape index (κ1) is 23.2. The number of nitrogens with one attached hydrogen (secondary N) is 1. The number of hydrogen-bond donors (Lipinski definition) is 1. The molecular weight excluding hydrogens is 393 g/mol. The molecule has 2 rings (SSSR count). The fourth-order valence-electron chi connectivity index (χ4n) is 2.81. The van der Waals surface area contributed by atoms with E-state index in [9.17, 15) is 13.4 Å². The number of halogens is 1. The first-order valence-corrected chi connectivity index (χ1v) is 10.4. The van der Waals surface area contributed by atoms with Gasteiger partial charge in [0.25, 0.3) is 0 Å². The van der Waals surface area contributed by atoms with E-state index >= 15 is 0 Å². The Labute approximate surface area is 174 Å². The van der Waals surface area contributed by atoms with Crippen molar-refractivity contribution in [2.24, 2.45) is 0 Å². The van der Waals surface area contributed by atoms with Gasteiger partial charge in [-0.25, -0.2) is 18.1 Å². The fraction of sp³-hybridized carbons (Fsp3) is 0.409. The van der Waals surface area contributed by atoms with E-state index in [2.05, 4.69) is 4.72 Å². The molecular formula is C22H28FNO4S. The summed E-state index contributed by atoms with van der Waals surface area (Å²) in [5.41, 5.74) is -0.430. The molecule has 2 aromatic carbocycles. The molecule has 0 aliphatic heterocycles. The molecule has 0 spiro atoms. The molecule has 3 atom stereocenters. The average molecular weight is 422 g/mol. The molecule has 1 N–H and O–H groups in total. The van der Waals surface area contributed by atoms with Crippen molar-refractivity contribution in [3.8, 4) is 0 Å². The summed E-state index contributed by atoms with van der Waals surface area (Å²) >= 11 is 0. The second-order valence-corrected chi connectivity index (χ2v) is 9.83. The molecule has 0 heterocycles. The summed E-state index contributed by atoms with van der Waals surface area (Å²) in [5.74, 6) is -1.23. The van der Waals surface area contributed by atoms with Gasteiger partial charge in [0.2, 0.25) is 0 Å². The number of ether oxygens (including phenoxy) is 2. The van der Waals surface area contributed by atoms with Crippen LogP contribution in [0.3, 0.4) is 0 Å². The second kappa shape index (κ2) is 9.61. The van der Waals surface area contributed by atoms with Crippen molar-refractivity contribution in [2.75, 3.05) is 7.11 Å². The third-order valence-electron chi connectivity index (χ3n) is 4.49. The van der Waals surface area contributed by atoms with Gasteiger partial charge in [-0.15, -0.1) is 0 Å². The average Bonchev–Trinajstić information content (AvgIpc) is 2.68. The Morgan fingerprint density at radius 2 is 1.66 bits per heavy atom. The van der Waals surface area contributed by atoms with E-state index in [0.29, 0.717) is 0 Å². The van der Waals surface area contributed by atoms with Crippen LogP contribution in [0.5, 0.6) is 0 Å². The molecule has 0 radical (unpaired) electrons. The van der Waals surface area contributed by atoms with Crippen LogP contribution in [0.4, 0.5) is 4.39 Å². The van der Waals surface area contributed by atoms with Gasteiger partial charge >= 0.3 is 5.97 Å². The van der Waals surface area contributed by atoms with Gasteiger partial charge in [0.1, 0.15) is 5.82 Å². The lowest BCUT2D eigenvalue weighted by molar-refractivity contribution is -0.161. The Morgan fingerprint density at radius 3 is 2.21 bits per heavy atom.